The quantitative estimate of drug-likeness (QED) is 0.287. The summed E-state index contributed by atoms with van der Waals surface area (Å²) in [5, 5.41) is 6.25. The van der Waals surface area contributed by atoms with E-state index in [4.69, 9.17) is 4.99 Å². The summed E-state index contributed by atoms with van der Waals surface area (Å²) >= 11 is 0. The third-order valence-electron chi connectivity index (χ3n) is 5.66. The van der Waals surface area contributed by atoms with Crippen molar-refractivity contribution >= 4 is 41.8 Å². The number of piperazine rings is 1. The predicted molar refractivity (Wildman–Crippen MR) is 137 cm³/mol. The molecule has 8 nitrogen and oxygen atoms in total. The third-order valence-corrected chi connectivity index (χ3v) is 5.66. The Morgan fingerprint density at radius 1 is 1.10 bits per heavy atom. The van der Waals surface area contributed by atoms with Gasteiger partial charge in [-0.1, -0.05) is 12.8 Å². The van der Waals surface area contributed by atoms with Crippen molar-refractivity contribution in [1.82, 2.24) is 25.3 Å². The average molecular weight is 551 g/mol. The molecule has 2 aliphatic rings. The standard InChI is InChI=1S/C22H42N6O2.HI/c1-6-23-21(26(5)17-19(29)25-22(2,3)4)24-11-12-27-13-15-28(16-14-27)20(30)18-9-7-8-10-18;/h18H,6-17H2,1-5H3,(H,23,24)(H,25,29);1H. The molecule has 1 aliphatic heterocycles. The summed E-state index contributed by atoms with van der Waals surface area (Å²) in [5.74, 6) is 1.37. The zero-order valence-electron chi connectivity index (χ0n) is 20.1. The Hall–Kier alpha value is -1.10. The van der Waals surface area contributed by atoms with Crippen LogP contribution in [-0.4, -0.2) is 97.4 Å². The lowest BCUT2D eigenvalue weighted by Crippen LogP contribution is -2.51. The maximum atomic E-state index is 12.6. The molecule has 0 bridgehead atoms. The highest BCUT2D eigenvalue weighted by atomic mass is 127. The molecule has 2 amide bonds. The zero-order valence-corrected chi connectivity index (χ0v) is 22.4. The number of carbonyl (C=O) groups excluding carboxylic acids is 2. The van der Waals surface area contributed by atoms with Crippen molar-refractivity contribution in [3.63, 3.8) is 0 Å². The molecule has 2 fully saturated rings. The number of hydrogen-bond acceptors (Lipinski definition) is 4. The number of rotatable bonds is 7. The van der Waals surface area contributed by atoms with E-state index >= 15 is 0 Å². The Balaban J connectivity index is 0.00000480. The van der Waals surface area contributed by atoms with E-state index in [9.17, 15) is 9.59 Å². The van der Waals surface area contributed by atoms with Crippen LogP contribution < -0.4 is 10.6 Å². The smallest absolute Gasteiger partial charge is 0.240 e. The average Bonchev–Trinajstić information content (AvgIpc) is 3.20. The van der Waals surface area contributed by atoms with Gasteiger partial charge in [-0.05, 0) is 40.5 Å². The molecule has 0 radical (unpaired) electrons. The topological polar surface area (TPSA) is 80.3 Å². The van der Waals surface area contributed by atoms with E-state index in [2.05, 4.69) is 20.4 Å². The Morgan fingerprint density at radius 3 is 2.26 bits per heavy atom. The van der Waals surface area contributed by atoms with Crippen LogP contribution in [0.3, 0.4) is 0 Å². The van der Waals surface area contributed by atoms with Crippen LogP contribution in [0.1, 0.15) is 53.4 Å². The first-order valence-corrected chi connectivity index (χ1v) is 11.5. The van der Waals surface area contributed by atoms with Gasteiger partial charge in [-0.25, -0.2) is 0 Å². The molecule has 180 valence electrons. The Bertz CT molecular complexity index is 593. The minimum Gasteiger partial charge on any atom is -0.357 e. The first-order valence-electron chi connectivity index (χ1n) is 11.5. The summed E-state index contributed by atoms with van der Waals surface area (Å²) in [7, 11) is 1.89. The van der Waals surface area contributed by atoms with Gasteiger partial charge in [0, 0.05) is 57.8 Å². The lowest BCUT2D eigenvalue weighted by molar-refractivity contribution is -0.137. The molecule has 1 heterocycles. The van der Waals surface area contributed by atoms with E-state index in [1.807, 2.05) is 39.6 Å². The van der Waals surface area contributed by atoms with Gasteiger partial charge in [0.2, 0.25) is 11.8 Å². The first-order chi connectivity index (χ1) is 14.2. The molecule has 1 saturated carbocycles. The monoisotopic (exact) mass is 550 g/mol. The number of aliphatic imine (C=N–C) groups is 1. The summed E-state index contributed by atoms with van der Waals surface area (Å²) in [6.07, 6.45) is 4.55. The fraction of sp³-hybridized carbons (Fsp3) is 0.864. The molecule has 31 heavy (non-hydrogen) atoms. The van der Waals surface area contributed by atoms with Gasteiger partial charge in [0.1, 0.15) is 0 Å². The summed E-state index contributed by atoms with van der Waals surface area (Å²) in [4.78, 5) is 35.8. The van der Waals surface area contributed by atoms with E-state index in [1.165, 1.54) is 12.8 Å². The molecule has 0 aromatic carbocycles. The van der Waals surface area contributed by atoms with Crippen LogP contribution in [0.2, 0.25) is 0 Å². The second kappa shape index (κ2) is 13.4. The molecule has 0 unspecified atom stereocenters. The van der Waals surface area contributed by atoms with Crippen LogP contribution in [0, 0.1) is 5.92 Å². The second-order valence-corrected chi connectivity index (χ2v) is 9.54. The minimum absolute atomic E-state index is 0. The highest BCUT2D eigenvalue weighted by Gasteiger charge is 2.29. The molecular weight excluding hydrogens is 507 g/mol. The van der Waals surface area contributed by atoms with Crippen molar-refractivity contribution in [3.8, 4) is 0 Å². The Kier molecular flexibility index (Phi) is 12.1. The molecule has 0 atom stereocenters. The lowest BCUT2D eigenvalue weighted by Gasteiger charge is -2.35. The van der Waals surface area contributed by atoms with Crippen molar-refractivity contribution in [2.45, 2.75) is 58.9 Å². The third kappa shape index (κ3) is 9.93. The maximum absolute atomic E-state index is 12.6. The SMILES string of the molecule is CCNC(=NCCN1CCN(C(=O)C2CCCC2)CC1)N(C)CC(=O)NC(C)(C)C.I. The van der Waals surface area contributed by atoms with Crippen LogP contribution in [0.15, 0.2) is 4.99 Å². The van der Waals surface area contributed by atoms with Crippen molar-refractivity contribution in [1.29, 1.82) is 0 Å². The predicted octanol–water partition coefficient (Wildman–Crippen LogP) is 1.75. The lowest BCUT2D eigenvalue weighted by atomic mass is 10.1. The van der Waals surface area contributed by atoms with Crippen LogP contribution in [0.4, 0.5) is 0 Å². The molecule has 9 heteroatoms. The summed E-state index contributed by atoms with van der Waals surface area (Å²) in [6, 6.07) is 0. The molecular formula is C22H43IN6O2. The van der Waals surface area contributed by atoms with Crippen LogP contribution in [-0.2, 0) is 9.59 Å². The van der Waals surface area contributed by atoms with Gasteiger partial charge < -0.3 is 20.4 Å². The summed E-state index contributed by atoms with van der Waals surface area (Å²) < 4.78 is 0. The number of guanidine groups is 1. The summed E-state index contributed by atoms with van der Waals surface area (Å²) in [5.41, 5.74) is -0.241. The molecule has 1 saturated heterocycles. The molecule has 2 rings (SSSR count). The van der Waals surface area contributed by atoms with E-state index in [1.54, 1.807) is 0 Å². The highest BCUT2D eigenvalue weighted by molar-refractivity contribution is 14.0. The zero-order chi connectivity index (χ0) is 22.1. The van der Waals surface area contributed by atoms with Crippen molar-refractivity contribution in [2.24, 2.45) is 10.9 Å². The minimum atomic E-state index is -0.241. The Morgan fingerprint density at radius 2 is 1.71 bits per heavy atom. The van der Waals surface area contributed by atoms with Crippen LogP contribution in [0.25, 0.3) is 0 Å². The number of carbonyl (C=O) groups is 2. The largest absolute Gasteiger partial charge is 0.357 e. The van der Waals surface area contributed by atoms with Gasteiger partial charge in [0.15, 0.2) is 5.96 Å². The number of nitrogens with zero attached hydrogens (tertiary/aromatic N) is 4. The van der Waals surface area contributed by atoms with E-state index in [0.717, 1.165) is 58.1 Å². The van der Waals surface area contributed by atoms with Crippen molar-refractivity contribution in [2.75, 3.05) is 59.4 Å². The highest BCUT2D eigenvalue weighted by Crippen LogP contribution is 2.26. The molecule has 0 aromatic heterocycles. The number of amides is 2. The van der Waals surface area contributed by atoms with Gasteiger partial charge in [0.05, 0.1) is 13.1 Å². The van der Waals surface area contributed by atoms with Crippen molar-refractivity contribution < 1.29 is 9.59 Å². The second-order valence-electron chi connectivity index (χ2n) is 9.54. The number of hydrogen-bond donors (Lipinski definition) is 2. The van der Waals surface area contributed by atoms with Crippen LogP contribution in [0.5, 0.6) is 0 Å². The van der Waals surface area contributed by atoms with Gasteiger partial charge in [-0.2, -0.15) is 0 Å². The van der Waals surface area contributed by atoms with Crippen LogP contribution >= 0.6 is 24.0 Å². The molecule has 0 aromatic rings. The molecule has 2 N–H and O–H groups in total. The van der Waals surface area contributed by atoms with Gasteiger partial charge >= 0.3 is 0 Å². The normalized spacial score (nSPS) is 18.5. The van der Waals surface area contributed by atoms with E-state index in [-0.39, 0.29) is 47.9 Å². The van der Waals surface area contributed by atoms with Gasteiger partial charge in [-0.3, -0.25) is 19.5 Å². The number of nitrogens with one attached hydrogen (secondary N) is 2. The van der Waals surface area contributed by atoms with E-state index < -0.39 is 0 Å². The molecule has 0 spiro atoms. The summed E-state index contributed by atoms with van der Waals surface area (Å²) in [6.45, 7) is 14.0. The van der Waals surface area contributed by atoms with Gasteiger partial charge in [-0.15, -0.1) is 24.0 Å². The van der Waals surface area contributed by atoms with E-state index in [0.29, 0.717) is 12.5 Å². The fourth-order valence-electron chi connectivity index (χ4n) is 4.14. The van der Waals surface area contributed by atoms with Crippen molar-refractivity contribution in [3.05, 3.63) is 0 Å². The number of halogens is 1. The number of likely N-dealkylation sites (N-methyl/N-ethyl adjacent to an activating group) is 1. The van der Waals surface area contributed by atoms with Gasteiger partial charge in [0.25, 0.3) is 0 Å². The molecule has 1 aliphatic carbocycles. The fourth-order valence-corrected chi connectivity index (χ4v) is 4.14. The Labute approximate surface area is 205 Å². The maximum Gasteiger partial charge on any atom is 0.240 e. The first kappa shape index (κ1) is 27.9.